The Hall–Kier alpha value is -1.28. The van der Waals surface area contributed by atoms with Crippen molar-refractivity contribution >= 4 is 11.9 Å². The number of carbonyl (C=O) groups excluding carboxylic acids is 1. The summed E-state index contributed by atoms with van der Waals surface area (Å²) in [6.45, 7) is -0.462. The van der Waals surface area contributed by atoms with Crippen LogP contribution in [-0.2, 0) is 14.3 Å². The Kier molecular flexibility index (Phi) is 8.98. The van der Waals surface area contributed by atoms with Crippen LogP contribution in [0.2, 0.25) is 0 Å². The predicted molar refractivity (Wildman–Crippen MR) is 64.2 cm³/mol. The number of amides is 1. The summed E-state index contributed by atoms with van der Waals surface area (Å²) in [6.07, 6.45) is -2.67. The Labute approximate surface area is 110 Å². The summed E-state index contributed by atoms with van der Waals surface area (Å²) >= 11 is 0. The lowest BCUT2D eigenvalue weighted by Crippen LogP contribution is -2.40. The Bertz CT molecular complexity index is 288. The van der Waals surface area contributed by atoms with Crippen LogP contribution < -0.4 is 0 Å². The number of ether oxygens (including phenoxy) is 1. The van der Waals surface area contributed by atoms with Gasteiger partial charge in [0.25, 0.3) is 6.43 Å². The van der Waals surface area contributed by atoms with Gasteiger partial charge in [-0.2, -0.15) is 0 Å². The Morgan fingerprint density at radius 1 is 1.26 bits per heavy atom. The molecule has 8 heteroatoms. The Morgan fingerprint density at radius 2 is 1.89 bits per heavy atom. The van der Waals surface area contributed by atoms with E-state index in [1.165, 1.54) is 4.90 Å². The van der Waals surface area contributed by atoms with Gasteiger partial charge in [0, 0.05) is 13.1 Å². The van der Waals surface area contributed by atoms with E-state index < -0.39 is 31.5 Å². The lowest BCUT2D eigenvalue weighted by atomic mass is 10.3. The quantitative estimate of drug-likeness (QED) is 0.577. The molecule has 19 heavy (non-hydrogen) atoms. The maximum atomic E-state index is 11.8. The fourth-order valence-corrected chi connectivity index (χ4v) is 1.27. The zero-order chi connectivity index (χ0) is 14.8. The molecule has 0 unspecified atom stereocenters. The summed E-state index contributed by atoms with van der Waals surface area (Å²) in [5.41, 5.74) is 0. The molecule has 0 rings (SSSR count). The van der Waals surface area contributed by atoms with Crippen molar-refractivity contribution in [3.05, 3.63) is 0 Å². The molecule has 0 bridgehead atoms. The van der Waals surface area contributed by atoms with Crippen LogP contribution in [0, 0.1) is 0 Å². The van der Waals surface area contributed by atoms with Gasteiger partial charge in [-0.25, -0.2) is 8.78 Å². The smallest absolute Gasteiger partial charge is 0.323 e. The summed E-state index contributed by atoms with van der Waals surface area (Å²) in [5.74, 6) is -1.53. The first kappa shape index (κ1) is 17.7. The zero-order valence-corrected chi connectivity index (χ0v) is 11.1. The molecule has 0 aliphatic heterocycles. The lowest BCUT2D eigenvalue weighted by Gasteiger charge is -2.22. The van der Waals surface area contributed by atoms with Crippen LogP contribution >= 0.6 is 0 Å². The van der Waals surface area contributed by atoms with Crippen LogP contribution in [0.5, 0.6) is 0 Å². The molecule has 1 N–H and O–H groups in total. The van der Waals surface area contributed by atoms with E-state index in [1.807, 2.05) is 4.90 Å². The summed E-state index contributed by atoms with van der Waals surface area (Å²) < 4.78 is 28.2. The van der Waals surface area contributed by atoms with E-state index in [0.717, 1.165) is 0 Å². The third kappa shape index (κ3) is 10.3. The molecule has 0 aromatic rings. The number of likely N-dealkylation sites (N-methyl/N-ethyl adjacent to an activating group) is 1. The second-order valence-electron chi connectivity index (χ2n) is 4.23. The molecule has 0 saturated heterocycles. The number of carboxylic acid groups (broad SMARTS) is 1. The van der Waals surface area contributed by atoms with Crippen molar-refractivity contribution in [1.29, 1.82) is 0 Å². The molecular weight excluding hydrogens is 262 g/mol. The fourth-order valence-electron chi connectivity index (χ4n) is 1.27. The second-order valence-corrected chi connectivity index (χ2v) is 4.23. The first-order valence-corrected chi connectivity index (χ1v) is 5.83. The van der Waals surface area contributed by atoms with Crippen molar-refractivity contribution in [3.8, 4) is 0 Å². The van der Waals surface area contributed by atoms with Crippen LogP contribution in [0.3, 0.4) is 0 Å². The van der Waals surface area contributed by atoms with Crippen molar-refractivity contribution < 1.29 is 28.2 Å². The van der Waals surface area contributed by atoms with E-state index in [9.17, 15) is 18.4 Å². The highest BCUT2D eigenvalue weighted by atomic mass is 19.3. The maximum Gasteiger partial charge on any atom is 0.323 e. The number of rotatable bonds is 10. The van der Waals surface area contributed by atoms with E-state index in [4.69, 9.17) is 5.11 Å². The highest BCUT2D eigenvalue weighted by Crippen LogP contribution is 1.98. The number of carbonyl (C=O) groups is 2. The van der Waals surface area contributed by atoms with E-state index >= 15 is 0 Å². The molecule has 0 heterocycles. The Morgan fingerprint density at radius 3 is 2.37 bits per heavy atom. The third-order valence-corrected chi connectivity index (χ3v) is 2.20. The number of nitrogens with zero attached hydrogens (tertiary/aromatic N) is 2. The van der Waals surface area contributed by atoms with Crippen LogP contribution in [-0.4, -0.2) is 80.2 Å². The largest absolute Gasteiger partial charge is 0.480 e. The number of aliphatic carboxylic acids is 1. The molecule has 0 aromatic heterocycles. The highest BCUT2D eigenvalue weighted by molar-refractivity contribution is 5.81. The standard InChI is InChI=1S/C11H20F2N2O4/c1-14(2)4-5-15(7-11(17)18)10(16)3-6-19-8-9(12)13/h9H,3-8H2,1-2H3,(H,17,18). The van der Waals surface area contributed by atoms with Gasteiger partial charge in [-0.3, -0.25) is 9.59 Å². The van der Waals surface area contributed by atoms with Gasteiger partial charge >= 0.3 is 5.97 Å². The SMILES string of the molecule is CN(C)CCN(CC(=O)O)C(=O)CCOCC(F)F. The van der Waals surface area contributed by atoms with Gasteiger partial charge in [0.1, 0.15) is 13.2 Å². The van der Waals surface area contributed by atoms with Gasteiger partial charge in [-0.15, -0.1) is 0 Å². The minimum atomic E-state index is -2.57. The monoisotopic (exact) mass is 282 g/mol. The molecule has 0 radical (unpaired) electrons. The minimum absolute atomic E-state index is 0.104. The molecule has 6 nitrogen and oxygen atoms in total. The van der Waals surface area contributed by atoms with Crippen molar-refractivity contribution in [2.24, 2.45) is 0 Å². The van der Waals surface area contributed by atoms with Gasteiger partial charge < -0.3 is 19.6 Å². The lowest BCUT2D eigenvalue weighted by molar-refractivity contribution is -0.145. The van der Waals surface area contributed by atoms with Gasteiger partial charge in [0.05, 0.1) is 13.0 Å². The summed E-state index contributed by atoms with van der Waals surface area (Å²) in [4.78, 5) is 25.3. The molecule has 1 amide bonds. The average molecular weight is 282 g/mol. The van der Waals surface area contributed by atoms with E-state index in [0.29, 0.717) is 6.54 Å². The normalized spacial score (nSPS) is 11.1. The maximum absolute atomic E-state index is 11.8. The second kappa shape index (κ2) is 9.62. The first-order valence-electron chi connectivity index (χ1n) is 5.83. The predicted octanol–water partition coefficient (Wildman–Crippen LogP) is 0.133. The summed E-state index contributed by atoms with van der Waals surface area (Å²) in [5, 5.41) is 8.70. The number of hydrogen-bond acceptors (Lipinski definition) is 4. The van der Waals surface area contributed by atoms with Crippen molar-refractivity contribution in [2.45, 2.75) is 12.8 Å². The molecule has 0 aliphatic rings. The zero-order valence-electron chi connectivity index (χ0n) is 11.1. The molecular formula is C11H20F2N2O4. The molecule has 0 aromatic carbocycles. The van der Waals surface area contributed by atoms with E-state index in [1.54, 1.807) is 14.1 Å². The molecule has 0 aliphatic carbocycles. The van der Waals surface area contributed by atoms with Crippen LogP contribution in [0.25, 0.3) is 0 Å². The van der Waals surface area contributed by atoms with Crippen LogP contribution in [0.1, 0.15) is 6.42 Å². The van der Waals surface area contributed by atoms with Crippen molar-refractivity contribution in [2.75, 3.05) is 46.9 Å². The Balaban J connectivity index is 4.10. The van der Waals surface area contributed by atoms with Gasteiger partial charge in [0.2, 0.25) is 5.91 Å². The van der Waals surface area contributed by atoms with E-state index in [2.05, 4.69) is 4.74 Å². The van der Waals surface area contributed by atoms with Gasteiger partial charge in [0.15, 0.2) is 0 Å². The van der Waals surface area contributed by atoms with Crippen LogP contribution in [0.4, 0.5) is 8.78 Å². The molecule has 0 fully saturated rings. The number of hydrogen-bond donors (Lipinski definition) is 1. The molecule has 0 spiro atoms. The molecule has 0 saturated carbocycles. The first-order chi connectivity index (χ1) is 8.82. The topological polar surface area (TPSA) is 70.1 Å². The van der Waals surface area contributed by atoms with Gasteiger partial charge in [-0.1, -0.05) is 0 Å². The van der Waals surface area contributed by atoms with Crippen LogP contribution in [0.15, 0.2) is 0 Å². The van der Waals surface area contributed by atoms with Crippen molar-refractivity contribution in [1.82, 2.24) is 9.80 Å². The number of alkyl halides is 2. The fraction of sp³-hybridized carbons (Fsp3) is 0.818. The summed E-state index contributed by atoms with van der Waals surface area (Å²) in [6, 6.07) is 0. The number of halogens is 2. The highest BCUT2D eigenvalue weighted by Gasteiger charge is 2.16. The minimum Gasteiger partial charge on any atom is -0.480 e. The van der Waals surface area contributed by atoms with Crippen molar-refractivity contribution in [3.63, 3.8) is 0 Å². The average Bonchev–Trinajstić information content (AvgIpc) is 2.28. The van der Waals surface area contributed by atoms with E-state index in [-0.39, 0.29) is 19.6 Å². The summed E-state index contributed by atoms with van der Waals surface area (Å²) in [7, 11) is 3.60. The van der Waals surface area contributed by atoms with Gasteiger partial charge in [-0.05, 0) is 14.1 Å². The molecule has 0 atom stereocenters. The number of carboxylic acids is 1. The third-order valence-electron chi connectivity index (χ3n) is 2.20. The molecule has 112 valence electrons.